The van der Waals surface area contributed by atoms with Crippen LogP contribution in [0.15, 0.2) is 47.6 Å². The van der Waals surface area contributed by atoms with Gasteiger partial charge in [-0.05, 0) is 23.8 Å². The summed E-state index contributed by atoms with van der Waals surface area (Å²) in [5.41, 5.74) is -0.527. The quantitative estimate of drug-likeness (QED) is 0.737. The molecule has 0 bridgehead atoms. The first-order chi connectivity index (χ1) is 12.1. The van der Waals surface area contributed by atoms with Crippen LogP contribution in [0.5, 0.6) is 0 Å². The molecule has 0 N–H and O–H groups in total. The van der Waals surface area contributed by atoms with Crippen LogP contribution < -0.4 is 0 Å². The highest BCUT2D eigenvalue weighted by atomic mass is 32.2. The van der Waals surface area contributed by atoms with Crippen LogP contribution in [0.25, 0.3) is 0 Å². The Hall–Kier alpha value is -2.51. The van der Waals surface area contributed by atoms with E-state index in [2.05, 4.69) is 4.98 Å². The van der Waals surface area contributed by atoms with Crippen molar-refractivity contribution in [3.05, 3.63) is 59.7 Å². The number of halogens is 4. The molecule has 0 fully saturated rings. The van der Waals surface area contributed by atoms with Gasteiger partial charge in [-0.25, -0.2) is 12.8 Å². The smallest absolute Gasteiger partial charge is 0.262 e. The van der Waals surface area contributed by atoms with Gasteiger partial charge in [0.05, 0.1) is 5.56 Å². The molecule has 2 rings (SSSR count). The molecular formula is C16H13F4N3O2S. The normalized spacial score (nSPS) is 13.4. The molecule has 0 saturated heterocycles. The topological polar surface area (TPSA) is 74.1 Å². The molecule has 1 heterocycles. The van der Waals surface area contributed by atoms with Gasteiger partial charge in [-0.3, -0.25) is 4.98 Å². The predicted octanol–water partition coefficient (Wildman–Crippen LogP) is 3.41. The number of benzene rings is 1. The van der Waals surface area contributed by atoms with E-state index in [1.807, 2.05) is 0 Å². The SMILES string of the molecule is CCN([C@H](c1ccc(F)cc1)C(F)(F)F)S(=O)(=O)c1cncc(C#N)c1. The summed E-state index contributed by atoms with van der Waals surface area (Å²) in [6, 6.07) is 3.54. The predicted molar refractivity (Wildman–Crippen MR) is 83.7 cm³/mol. The first kappa shape index (κ1) is 19.8. The Labute approximate surface area is 147 Å². The molecule has 1 atom stereocenters. The number of rotatable bonds is 5. The number of hydrogen-bond acceptors (Lipinski definition) is 4. The van der Waals surface area contributed by atoms with Crippen LogP contribution in [0.4, 0.5) is 17.6 Å². The van der Waals surface area contributed by atoms with Gasteiger partial charge in [0, 0.05) is 18.9 Å². The summed E-state index contributed by atoms with van der Waals surface area (Å²) in [6.07, 6.45) is -2.98. The highest BCUT2D eigenvalue weighted by molar-refractivity contribution is 7.89. The van der Waals surface area contributed by atoms with Gasteiger partial charge < -0.3 is 0 Å². The Morgan fingerprint density at radius 3 is 2.35 bits per heavy atom. The van der Waals surface area contributed by atoms with Crippen LogP contribution in [-0.4, -0.2) is 30.4 Å². The molecule has 1 aromatic heterocycles. The summed E-state index contributed by atoms with van der Waals surface area (Å²) < 4.78 is 79.8. The highest BCUT2D eigenvalue weighted by Gasteiger charge is 2.48. The first-order valence-electron chi connectivity index (χ1n) is 7.30. The second kappa shape index (κ2) is 7.39. The monoisotopic (exact) mass is 387 g/mol. The van der Waals surface area contributed by atoms with Crippen LogP contribution in [-0.2, 0) is 10.0 Å². The van der Waals surface area contributed by atoms with Gasteiger partial charge >= 0.3 is 6.18 Å². The average Bonchev–Trinajstić information content (AvgIpc) is 2.59. The fourth-order valence-corrected chi connectivity index (χ4v) is 4.01. The van der Waals surface area contributed by atoms with E-state index in [4.69, 9.17) is 5.26 Å². The minimum absolute atomic E-state index is 0.104. The maximum atomic E-state index is 13.7. The summed E-state index contributed by atoms with van der Waals surface area (Å²) in [4.78, 5) is 3.05. The number of pyridine rings is 1. The van der Waals surface area contributed by atoms with Crippen molar-refractivity contribution in [3.8, 4) is 6.07 Å². The summed E-state index contributed by atoms with van der Waals surface area (Å²) >= 11 is 0. The largest absolute Gasteiger partial charge is 0.409 e. The lowest BCUT2D eigenvalue weighted by molar-refractivity contribution is -0.173. The Kier molecular flexibility index (Phi) is 5.63. The van der Waals surface area contributed by atoms with E-state index in [9.17, 15) is 26.0 Å². The van der Waals surface area contributed by atoms with Crippen LogP contribution in [0, 0.1) is 17.1 Å². The molecule has 0 aliphatic rings. The molecule has 0 aliphatic carbocycles. The third-order valence-electron chi connectivity index (χ3n) is 3.54. The molecule has 5 nitrogen and oxygen atoms in total. The maximum absolute atomic E-state index is 13.7. The highest BCUT2D eigenvalue weighted by Crippen LogP contribution is 2.40. The minimum Gasteiger partial charge on any atom is -0.262 e. The Bertz CT molecular complexity index is 922. The molecule has 0 spiro atoms. The fourth-order valence-electron chi connectivity index (χ4n) is 2.41. The van der Waals surface area contributed by atoms with E-state index in [0.29, 0.717) is 0 Å². The van der Waals surface area contributed by atoms with E-state index >= 15 is 0 Å². The van der Waals surface area contributed by atoms with Crippen molar-refractivity contribution >= 4 is 10.0 Å². The van der Waals surface area contributed by atoms with Gasteiger partial charge in [0.25, 0.3) is 0 Å². The maximum Gasteiger partial charge on any atom is 0.409 e. The summed E-state index contributed by atoms with van der Waals surface area (Å²) in [7, 11) is -4.62. The molecule has 0 amide bonds. The zero-order chi connectivity index (χ0) is 19.5. The summed E-state index contributed by atoms with van der Waals surface area (Å²) in [6.45, 7) is 0.752. The summed E-state index contributed by atoms with van der Waals surface area (Å²) in [5, 5.41) is 8.85. The molecular weight excluding hydrogens is 374 g/mol. The average molecular weight is 387 g/mol. The van der Waals surface area contributed by atoms with Crippen LogP contribution >= 0.6 is 0 Å². The van der Waals surface area contributed by atoms with Crippen LogP contribution in [0.3, 0.4) is 0 Å². The third kappa shape index (κ3) is 4.00. The Morgan fingerprint density at radius 1 is 1.23 bits per heavy atom. The van der Waals surface area contributed by atoms with Crippen molar-refractivity contribution < 1.29 is 26.0 Å². The third-order valence-corrected chi connectivity index (χ3v) is 5.45. The van der Waals surface area contributed by atoms with E-state index in [1.165, 1.54) is 6.92 Å². The van der Waals surface area contributed by atoms with Crippen molar-refractivity contribution in [1.82, 2.24) is 9.29 Å². The van der Waals surface area contributed by atoms with E-state index < -0.39 is 45.1 Å². The van der Waals surface area contributed by atoms with E-state index in [-0.39, 0.29) is 9.87 Å². The molecule has 10 heteroatoms. The lowest BCUT2D eigenvalue weighted by atomic mass is 10.1. The molecule has 1 aromatic carbocycles. The van der Waals surface area contributed by atoms with Crippen molar-refractivity contribution in [2.24, 2.45) is 0 Å². The lowest BCUT2D eigenvalue weighted by Gasteiger charge is -2.31. The van der Waals surface area contributed by atoms with Gasteiger partial charge in [0.1, 0.15) is 22.8 Å². The molecule has 26 heavy (non-hydrogen) atoms. The molecule has 0 unspecified atom stereocenters. The standard InChI is InChI=1S/C16H13F4N3O2S/c1-2-23(26(24,25)14-7-11(8-21)9-22-10-14)15(16(18,19)20)12-3-5-13(17)6-4-12/h3-7,9-10,15H,2H2,1H3/t15-/m1/s1. The number of hydrogen-bond donors (Lipinski definition) is 0. The number of aromatic nitrogens is 1. The van der Waals surface area contributed by atoms with Crippen molar-refractivity contribution in [1.29, 1.82) is 5.26 Å². The molecule has 0 radical (unpaired) electrons. The van der Waals surface area contributed by atoms with Crippen molar-refractivity contribution in [3.63, 3.8) is 0 Å². The Balaban J connectivity index is 2.60. The van der Waals surface area contributed by atoms with Crippen molar-refractivity contribution in [2.45, 2.75) is 24.0 Å². The van der Waals surface area contributed by atoms with Gasteiger partial charge in [-0.2, -0.15) is 22.7 Å². The van der Waals surface area contributed by atoms with Gasteiger partial charge in [-0.15, -0.1) is 0 Å². The molecule has 0 aliphatic heterocycles. The molecule has 0 saturated carbocycles. The zero-order valence-electron chi connectivity index (χ0n) is 13.4. The van der Waals surface area contributed by atoms with Gasteiger partial charge in [0.2, 0.25) is 10.0 Å². The van der Waals surface area contributed by atoms with Crippen LogP contribution in [0.1, 0.15) is 24.1 Å². The molecule has 138 valence electrons. The number of nitrogens with zero attached hydrogens (tertiary/aromatic N) is 3. The number of alkyl halides is 3. The van der Waals surface area contributed by atoms with Gasteiger partial charge in [0.15, 0.2) is 0 Å². The van der Waals surface area contributed by atoms with E-state index in [1.54, 1.807) is 6.07 Å². The number of sulfonamides is 1. The zero-order valence-corrected chi connectivity index (χ0v) is 14.2. The lowest BCUT2D eigenvalue weighted by Crippen LogP contribution is -2.42. The minimum atomic E-state index is -4.94. The second-order valence-corrected chi connectivity index (χ2v) is 7.12. The number of nitriles is 1. The fraction of sp³-hybridized carbons (Fsp3) is 0.250. The van der Waals surface area contributed by atoms with Crippen molar-refractivity contribution in [2.75, 3.05) is 6.54 Å². The molecule has 2 aromatic rings. The van der Waals surface area contributed by atoms with Crippen LogP contribution in [0.2, 0.25) is 0 Å². The van der Waals surface area contributed by atoms with Gasteiger partial charge in [-0.1, -0.05) is 19.1 Å². The Morgan fingerprint density at radius 2 is 1.85 bits per heavy atom. The first-order valence-corrected chi connectivity index (χ1v) is 8.74. The van der Waals surface area contributed by atoms with E-state index in [0.717, 1.165) is 42.7 Å². The second-order valence-electron chi connectivity index (χ2n) is 5.23. The summed E-state index contributed by atoms with van der Waals surface area (Å²) in [5.74, 6) is -0.744.